The number of nitrogens with zero attached hydrogens (tertiary/aromatic N) is 3. The summed E-state index contributed by atoms with van der Waals surface area (Å²) in [7, 11) is 0. The molecule has 2 heterocycles. The van der Waals surface area contributed by atoms with Crippen molar-refractivity contribution in [3.8, 4) is 17.6 Å². The van der Waals surface area contributed by atoms with E-state index in [4.69, 9.17) is 33.2 Å². The van der Waals surface area contributed by atoms with E-state index in [-0.39, 0.29) is 21.2 Å². The van der Waals surface area contributed by atoms with Crippen LogP contribution in [0.4, 0.5) is 17.6 Å². The zero-order valence-electron chi connectivity index (χ0n) is 14.9. The van der Waals surface area contributed by atoms with Gasteiger partial charge in [-0.25, -0.2) is 9.37 Å². The molecule has 0 unspecified atom stereocenters. The number of halogens is 6. The van der Waals surface area contributed by atoms with Crippen LogP contribution in [0.5, 0.6) is 11.5 Å². The first kappa shape index (κ1) is 22.3. The van der Waals surface area contributed by atoms with Gasteiger partial charge in [-0.1, -0.05) is 23.2 Å². The Kier molecular flexibility index (Phi) is 6.06. The summed E-state index contributed by atoms with van der Waals surface area (Å²) < 4.78 is 59.4. The molecule has 13 heteroatoms. The minimum Gasteiger partial charge on any atom is -0.448 e. The highest BCUT2D eigenvalue weighted by molar-refractivity contribution is 6.35. The van der Waals surface area contributed by atoms with Gasteiger partial charge < -0.3 is 9.72 Å². The maximum absolute atomic E-state index is 13.4. The fraction of sp³-hybridized carbons (Fsp3) is 0.111. The summed E-state index contributed by atoms with van der Waals surface area (Å²) in [4.78, 5) is 29.9. The first-order valence-electron chi connectivity index (χ1n) is 8.12. The first-order chi connectivity index (χ1) is 14.5. The van der Waals surface area contributed by atoms with Gasteiger partial charge in [-0.3, -0.25) is 14.2 Å². The largest absolute Gasteiger partial charge is 0.448 e. The molecule has 0 spiro atoms. The Bertz CT molecular complexity index is 1330. The van der Waals surface area contributed by atoms with Crippen LogP contribution < -0.4 is 15.9 Å². The molecule has 1 aromatic carbocycles. The van der Waals surface area contributed by atoms with Gasteiger partial charge in [0, 0.05) is 22.8 Å². The molecule has 1 N–H and O–H groups in total. The lowest BCUT2D eigenvalue weighted by Crippen LogP contribution is -2.28. The van der Waals surface area contributed by atoms with Gasteiger partial charge in [0.1, 0.15) is 22.7 Å². The van der Waals surface area contributed by atoms with Crippen LogP contribution >= 0.6 is 23.2 Å². The predicted molar refractivity (Wildman–Crippen MR) is 101 cm³/mol. The van der Waals surface area contributed by atoms with E-state index in [1.807, 2.05) is 0 Å². The van der Waals surface area contributed by atoms with Crippen LogP contribution in [0.1, 0.15) is 16.8 Å². The number of nitriles is 1. The number of H-pyrrole nitrogens is 1. The Morgan fingerprint density at radius 2 is 1.94 bits per heavy atom. The lowest BCUT2D eigenvalue weighted by atomic mass is 10.2. The molecule has 0 saturated carbocycles. The highest BCUT2D eigenvalue weighted by Gasteiger charge is 2.39. The van der Waals surface area contributed by atoms with E-state index < -0.39 is 46.8 Å². The van der Waals surface area contributed by atoms with Crippen molar-refractivity contribution < 1.29 is 22.3 Å². The zero-order chi connectivity index (χ0) is 22.9. The maximum Gasteiger partial charge on any atom is 0.437 e. The molecular weight excluding hydrogens is 467 g/mol. The van der Waals surface area contributed by atoms with Gasteiger partial charge in [-0.15, -0.1) is 0 Å². The van der Waals surface area contributed by atoms with Crippen molar-refractivity contribution in [2.24, 2.45) is 0 Å². The number of hydrogen-bond donors (Lipinski definition) is 1. The number of benzene rings is 1. The van der Waals surface area contributed by atoms with Gasteiger partial charge in [-0.2, -0.15) is 18.4 Å². The summed E-state index contributed by atoms with van der Waals surface area (Å²) in [6.45, 7) is -0.597. The normalized spacial score (nSPS) is 11.3. The van der Waals surface area contributed by atoms with Crippen LogP contribution in [0.3, 0.4) is 0 Å². The molecule has 31 heavy (non-hydrogen) atoms. The molecule has 0 aliphatic carbocycles. The van der Waals surface area contributed by atoms with Crippen molar-refractivity contribution in [2.45, 2.75) is 12.7 Å². The number of nitrogens with one attached hydrogen (secondary N) is 1. The summed E-state index contributed by atoms with van der Waals surface area (Å²) in [5, 5.41) is 8.60. The molecule has 0 atom stereocenters. The Hall–Kier alpha value is -3.36. The van der Waals surface area contributed by atoms with E-state index >= 15 is 0 Å². The molecule has 0 bridgehead atoms. The number of ether oxygens (including phenoxy) is 1. The SMILES string of the molecule is N#Cc1cc(Cl)cc(Oc2c(C(F)(F)F)ncn(Cc3cc(F)c[nH]c3=O)c2=O)c1Cl. The van der Waals surface area contributed by atoms with Crippen molar-refractivity contribution in [3.05, 3.63) is 84.1 Å². The maximum atomic E-state index is 13.4. The third-order valence-corrected chi connectivity index (χ3v) is 4.50. The lowest BCUT2D eigenvalue weighted by Gasteiger charge is -2.15. The number of rotatable bonds is 4. The molecule has 2 aromatic heterocycles. The molecular formula is C18H8Cl2F4N4O3. The average molecular weight is 475 g/mol. The van der Waals surface area contributed by atoms with Crippen LogP contribution in [-0.4, -0.2) is 14.5 Å². The van der Waals surface area contributed by atoms with Crippen molar-refractivity contribution in [2.75, 3.05) is 0 Å². The quantitative estimate of drug-likeness (QED) is 0.573. The molecule has 0 amide bonds. The second-order valence-electron chi connectivity index (χ2n) is 6.00. The van der Waals surface area contributed by atoms with E-state index in [0.717, 1.165) is 24.4 Å². The van der Waals surface area contributed by atoms with Crippen LogP contribution in [-0.2, 0) is 12.7 Å². The number of aromatic nitrogens is 3. The van der Waals surface area contributed by atoms with Gasteiger partial charge in [0.25, 0.3) is 11.1 Å². The van der Waals surface area contributed by atoms with E-state index in [1.54, 1.807) is 6.07 Å². The molecule has 3 rings (SSSR count). The Balaban J connectivity index is 2.17. The molecule has 0 radical (unpaired) electrons. The molecule has 160 valence electrons. The molecule has 0 fully saturated rings. The van der Waals surface area contributed by atoms with Crippen molar-refractivity contribution in [3.63, 3.8) is 0 Å². The minimum atomic E-state index is -5.09. The summed E-state index contributed by atoms with van der Waals surface area (Å²) in [5.74, 6) is -2.58. The number of pyridine rings is 1. The highest BCUT2D eigenvalue weighted by Crippen LogP contribution is 2.38. The summed E-state index contributed by atoms with van der Waals surface area (Å²) in [6, 6.07) is 4.67. The second kappa shape index (κ2) is 8.41. The van der Waals surface area contributed by atoms with Gasteiger partial charge in [0.05, 0.1) is 18.4 Å². The van der Waals surface area contributed by atoms with E-state index in [1.165, 1.54) is 0 Å². The van der Waals surface area contributed by atoms with Crippen LogP contribution in [0, 0.1) is 17.1 Å². The molecule has 0 aliphatic rings. The molecule has 7 nitrogen and oxygen atoms in total. The van der Waals surface area contributed by atoms with Crippen molar-refractivity contribution in [1.82, 2.24) is 14.5 Å². The minimum absolute atomic E-state index is 0.0833. The first-order valence-corrected chi connectivity index (χ1v) is 8.87. The topological polar surface area (TPSA) is 101 Å². The second-order valence-corrected chi connectivity index (χ2v) is 6.82. The third kappa shape index (κ3) is 4.70. The molecule has 3 aromatic rings. The fourth-order valence-corrected chi connectivity index (χ4v) is 2.91. The van der Waals surface area contributed by atoms with Gasteiger partial charge in [-0.05, 0) is 12.1 Å². The zero-order valence-corrected chi connectivity index (χ0v) is 16.4. The van der Waals surface area contributed by atoms with Gasteiger partial charge in [0.15, 0.2) is 5.69 Å². The van der Waals surface area contributed by atoms with Crippen molar-refractivity contribution in [1.29, 1.82) is 5.26 Å². The average Bonchev–Trinajstić information content (AvgIpc) is 2.69. The standard InChI is InChI=1S/C18H8Cl2F4N4O3/c19-10-1-8(4-25)13(20)12(3-10)31-14-15(18(22,23)24)27-7-28(17(14)30)6-9-2-11(21)5-26-16(9)29/h1-3,5,7H,6H2,(H,26,29). The molecule has 0 saturated heterocycles. The Morgan fingerprint density at radius 3 is 2.58 bits per heavy atom. The lowest BCUT2D eigenvalue weighted by molar-refractivity contribution is -0.142. The van der Waals surface area contributed by atoms with E-state index in [2.05, 4.69) is 9.97 Å². The van der Waals surface area contributed by atoms with Crippen LogP contribution in [0.15, 0.2) is 40.3 Å². The summed E-state index contributed by atoms with van der Waals surface area (Å²) in [6.07, 6.45) is -3.77. The molecule has 0 aliphatic heterocycles. The summed E-state index contributed by atoms with van der Waals surface area (Å²) >= 11 is 11.8. The number of alkyl halides is 3. The van der Waals surface area contributed by atoms with E-state index in [0.29, 0.717) is 10.9 Å². The van der Waals surface area contributed by atoms with Crippen molar-refractivity contribution >= 4 is 23.2 Å². The third-order valence-electron chi connectivity index (χ3n) is 3.89. The smallest absolute Gasteiger partial charge is 0.437 e. The number of aromatic amines is 1. The van der Waals surface area contributed by atoms with Crippen LogP contribution in [0.25, 0.3) is 0 Å². The van der Waals surface area contributed by atoms with E-state index in [9.17, 15) is 27.2 Å². The number of hydrogen-bond acceptors (Lipinski definition) is 5. The monoisotopic (exact) mass is 474 g/mol. The Labute approximate surface area is 180 Å². The highest BCUT2D eigenvalue weighted by atomic mass is 35.5. The predicted octanol–water partition coefficient (Wildman–Crippen LogP) is 4.11. The Morgan fingerprint density at radius 1 is 1.23 bits per heavy atom. The fourth-order valence-electron chi connectivity index (χ4n) is 2.51. The van der Waals surface area contributed by atoms with Gasteiger partial charge >= 0.3 is 6.18 Å². The van der Waals surface area contributed by atoms with Crippen LogP contribution in [0.2, 0.25) is 10.0 Å². The van der Waals surface area contributed by atoms with Gasteiger partial charge in [0.2, 0.25) is 5.75 Å². The summed E-state index contributed by atoms with van der Waals surface area (Å²) in [5.41, 5.74) is -4.21.